The minimum atomic E-state index is -3.42. The second-order valence-corrected chi connectivity index (χ2v) is 5.25. The molecule has 0 aliphatic heterocycles. The minimum absolute atomic E-state index is 0.116. The van der Waals surface area contributed by atoms with Crippen LogP contribution in [0.15, 0.2) is 24.3 Å². The SMILES string of the molecule is CS(=O)(=O)Nc1cccc(C(=O)OCC(N)=O)c1. The molecule has 7 nitrogen and oxygen atoms in total. The second kappa shape index (κ2) is 5.50. The van der Waals surface area contributed by atoms with Crippen LogP contribution in [0.3, 0.4) is 0 Å². The molecule has 3 N–H and O–H groups in total. The average Bonchev–Trinajstić information content (AvgIpc) is 2.23. The molecule has 0 unspecified atom stereocenters. The van der Waals surface area contributed by atoms with Crippen LogP contribution in [0, 0.1) is 0 Å². The van der Waals surface area contributed by atoms with E-state index in [4.69, 9.17) is 5.73 Å². The van der Waals surface area contributed by atoms with Crippen molar-refractivity contribution in [3.05, 3.63) is 29.8 Å². The molecule has 98 valence electrons. The number of carbonyl (C=O) groups excluding carboxylic acids is 2. The Morgan fingerprint density at radius 2 is 2.06 bits per heavy atom. The Hall–Kier alpha value is -2.09. The van der Waals surface area contributed by atoms with Gasteiger partial charge in [-0.05, 0) is 18.2 Å². The molecule has 0 aliphatic rings. The van der Waals surface area contributed by atoms with Crippen LogP contribution in [0.5, 0.6) is 0 Å². The average molecular weight is 272 g/mol. The molecule has 0 aliphatic carbocycles. The van der Waals surface area contributed by atoms with Crippen molar-refractivity contribution in [2.24, 2.45) is 5.73 Å². The van der Waals surface area contributed by atoms with E-state index in [2.05, 4.69) is 9.46 Å². The fourth-order valence-corrected chi connectivity index (χ4v) is 1.70. The molecule has 0 fully saturated rings. The molecule has 0 heterocycles. The van der Waals surface area contributed by atoms with E-state index in [1.54, 1.807) is 0 Å². The maximum atomic E-state index is 11.5. The first-order valence-corrected chi connectivity index (χ1v) is 6.70. The number of hydrogen-bond donors (Lipinski definition) is 2. The van der Waals surface area contributed by atoms with Gasteiger partial charge in [-0.15, -0.1) is 0 Å². The Morgan fingerprint density at radius 1 is 1.39 bits per heavy atom. The molecule has 1 amide bonds. The summed E-state index contributed by atoms with van der Waals surface area (Å²) in [4.78, 5) is 21.9. The van der Waals surface area contributed by atoms with Crippen LogP contribution >= 0.6 is 0 Å². The number of anilines is 1. The molecule has 0 saturated carbocycles. The third-order valence-corrected chi connectivity index (χ3v) is 2.35. The van der Waals surface area contributed by atoms with Gasteiger partial charge in [0.15, 0.2) is 6.61 Å². The number of hydrogen-bond acceptors (Lipinski definition) is 5. The molecule has 0 radical (unpaired) electrons. The lowest BCUT2D eigenvalue weighted by molar-refractivity contribution is -0.121. The Labute approximate surface area is 104 Å². The van der Waals surface area contributed by atoms with Crippen LogP contribution < -0.4 is 10.5 Å². The number of nitrogens with two attached hydrogens (primary N) is 1. The van der Waals surface area contributed by atoms with Gasteiger partial charge in [0.05, 0.1) is 11.8 Å². The highest BCUT2D eigenvalue weighted by Crippen LogP contribution is 2.12. The smallest absolute Gasteiger partial charge is 0.338 e. The molecule has 1 aromatic rings. The summed E-state index contributed by atoms with van der Waals surface area (Å²) in [5.41, 5.74) is 5.17. The summed E-state index contributed by atoms with van der Waals surface area (Å²) < 4.78 is 28.8. The second-order valence-electron chi connectivity index (χ2n) is 3.50. The zero-order valence-corrected chi connectivity index (χ0v) is 10.4. The molecule has 0 atom stereocenters. The number of primary amides is 1. The lowest BCUT2D eigenvalue weighted by Crippen LogP contribution is -2.21. The number of benzene rings is 1. The van der Waals surface area contributed by atoms with Crippen molar-refractivity contribution in [3.63, 3.8) is 0 Å². The summed E-state index contributed by atoms with van der Waals surface area (Å²) in [6.07, 6.45) is 0.991. The number of nitrogens with one attached hydrogen (secondary N) is 1. The Balaban J connectivity index is 2.82. The van der Waals surface area contributed by atoms with Crippen molar-refractivity contribution in [2.75, 3.05) is 17.6 Å². The molecule has 1 rings (SSSR count). The number of amides is 1. The van der Waals surface area contributed by atoms with Gasteiger partial charge in [0, 0.05) is 5.69 Å². The largest absolute Gasteiger partial charge is 0.452 e. The summed E-state index contributed by atoms with van der Waals surface area (Å²) in [6.45, 7) is -0.525. The third-order valence-electron chi connectivity index (χ3n) is 1.75. The van der Waals surface area contributed by atoms with Gasteiger partial charge in [0.1, 0.15) is 0 Å². The zero-order chi connectivity index (χ0) is 13.8. The highest BCUT2D eigenvalue weighted by Gasteiger charge is 2.10. The van der Waals surface area contributed by atoms with Crippen LogP contribution in [0.2, 0.25) is 0 Å². The predicted octanol–water partition coefficient (Wildman–Crippen LogP) is -0.300. The first-order chi connectivity index (χ1) is 8.28. The van der Waals surface area contributed by atoms with Gasteiger partial charge < -0.3 is 10.5 Å². The number of carbonyl (C=O) groups is 2. The number of esters is 1. The van der Waals surface area contributed by atoms with Crippen molar-refractivity contribution in [1.29, 1.82) is 0 Å². The van der Waals surface area contributed by atoms with E-state index in [0.29, 0.717) is 0 Å². The highest BCUT2D eigenvalue weighted by molar-refractivity contribution is 7.92. The fourth-order valence-electron chi connectivity index (χ4n) is 1.14. The van der Waals surface area contributed by atoms with Crippen molar-refractivity contribution in [3.8, 4) is 0 Å². The summed E-state index contributed by atoms with van der Waals surface area (Å²) in [5.74, 6) is -1.53. The Morgan fingerprint density at radius 3 is 2.61 bits per heavy atom. The third kappa shape index (κ3) is 4.83. The molecule has 0 saturated heterocycles. The lowest BCUT2D eigenvalue weighted by Gasteiger charge is -2.06. The van der Waals surface area contributed by atoms with E-state index in [1.807, 2.05) is 0 Å². The Kier molecular flexibility index (Phi) is 4.27. The van der Waals surface area contributed by atoms with E-state index in [9.17, 15) is 18.0 Å². The molecule has 18 heavy (non-hydrogen) atoms. The predicted molar refractivity (Wildman–Crippen MR) is 64.4 cm³/mol. The van der Waals surface area contributed by atoms with Crippen molar-refractivity contribution in [1.82, 2.24) is 0 Å². The van der Waals surface area contributed by atoms with E-state index in [0.717, 1.165) is 6.26 Å². The lowest BCUT2D eigenvalue weighted by atomic mass is 10.2. The maximum Gasteiger partial charge on any atom is 0.338 e. The highest BCUT2D eigenvalue weighted by atomic mass is 32.2. The summed E-state index contributed by atoms with van der Waals surface area (Å²) in [6, 6.07) is 5.68. The van der Waals surface area contributed by atoms with E-state index in [1.165, 1.54) is 24.3 Å². The van der Waals surface area contributed by atoms with E-state index < -0.39 is 28.5 Å². The van der Waals surface area contributed by atoms with Gasteiger partial charge in [-0.2, -0.15) is 0 Å². The van der Waals surface area contributed by atoms with E-state index in [-0.39, 0.29) is 11.3 Å². The van der Waals surface area contributed by atoms with E-state index >= 15 is 0 Å². The number of sulfonamides is 1. The van der Waals surface area contributed by atoms with Crippen LogP contribution in [0.25, 0.3) is 0 Å². The first-order valence-electron chi connectivity index (χ1n) is 4.81. The van der Waals surface area contributed by atoms with Crippen LogP contribution in [0.1, 0.15) is 10.4 Å². The summed E-state index contributed by atoms with van der Waals surface area (Å²) in [7, 11) is -3.42. The van der Waals surface area contributed by atoms with Crippen LogP contribution in [-0.4, -0.2) is 33.2 Å². The van der Waals surface area contributed by atoms with Gasteiger partial charge in [0.2, 0.25) is 10.0 Å². The van der Waals surface area contributed by atoms with Gasteiger partial charge in [0.25, 0.3) is 5.91 Å². The molecule has 0 aromatic heterocycles. The van der Waals surface area contributed by atoms with Crippen molar-refractivity contribution >= 4 is 27.6 Å². The van der Waals surface area contributed by atoms with Crippen LogP contribution in [-0.2, 0) is 19.6 Å². The zero-order valence-electron chi connectivity index (χ0n) is 9.54. The van der Waals surface area contributed by atoms with Gasteiger partial charge in [-0.25, -0.2) is 13.2 Å². The van der Waals surface area contributed by atoms with Crippen LogP contribution in [0.4, 0.5) is 5.69 Å². The van der Waals surface area contributed by atoms with Crippen molar-refractivity contribution in [2.45, 2.75) is 0 Å². The van der Waals surface area contributed by atoms with Crippen molar-refractivity contribution < 1.29 is 22.7 Å². The first kappa shape index (κ1) is 14.0. The van der Waals surface area contributed by atoms with Gasteiger partial charge >= 0.3 is 5.97 Å². The number of ether oxygens (including phenoxy) is 1. The summed E-state index contributed by atoms with van der Waals surface area (Å²) >= 11 is 0. The molecular formula is C10H12N2O5S. The standard InChI is InChI=1S/C10H12N2O5S/c1-18(15,16)12-8-4-2-3-7(5-8)10(14)17-6-9(11)13/h2-5,12H,6H2,1H3,(H2,11,13). The molecule has 1 aromatic carbocycles. The molecular weight excluding hydrogens is 260 g/mol. The minimum Gasteiger partial charge on any atom is -0.452 e. The Bertz CT molecular complexity index is 567. The molecule has 0 bridgehead atoms. The molecule has 8 heteroatoms. The van der Waals surface area contributed by atoms with Gasteiger partial charge in [-0.1, -0.05) is 6.07 Å². The normalized spacial score (nSPS) is 10.7. The van der Waals surface area contributed by atoms with Gasteiger partial charge in [-0.3, -0.25) is 9.52 Å². The number of rotatable bonds is 5. The maximum absolute atomic E-state index is 11.5. The quantitative estimate of drug-likeness (QED) is 0.714. The molecule has 0 spiro atoms. The topological polar surface area (TPSA) is 116 Å². The monoisotopic (exact) mass is 272 g/mol. The summed E-state index contributed by atoms with van der Waals surface area (Å²) in [5, 5.41) is 0. The fraction of sp³-hybridized carbons (Fsp3) is 0.200.